The zero-order valence-electron chi connectivity index (χ0n) is 8.57. The normalized spacial score (nSPS) is 11.0. The van der Waals surface area contributed by atoms with Gasteiger partial charge in [0.15, 0.2) is 0 Å². The summed E-state index contributed by atoms with van der Waals surface area (Å²) >= 11 is 5.70. The third kappa shape index (κ3) is 3.10. The number of methoxy groups -OCH3 is 1. The molecule has 0 aromatic heterocycles. The van der Waals surface area contributed by atoms with E-state index < -0.39 is 11.9 Å². The second kappa shape index (κ2) is 5.32. The number of hydrogen-bond acceptors (Lipinski definition) is 3. The van der Waals surface area contributed by atoms with Gasteiger partial charge in [-0.2, -0.15) is 0 Å². The van der Waals surface area contributed by atoms with Gasteiger partial charge >= 0.3 is 5.97 Å². The van der Waals surface area contributed by atoms with Crippen molar-refractivity contribution in [2.24, 2.45) is 5.73 Å². The first-order valence-electron chi connectivity index (χ1n) is 4.40. The van der Waals surface area contributed by atoms with Gasteiger partial charge in [-0.05, 0) is 17.7 Å². The molecule has 0 saturated heterocycles. The van der Waals surface area contributed by atoms with E-state index in [4.69, 9.17) is 17.3 Å². The van der Waals surface area contributed by atoms with Gasteiger partial charge in [0, 0.05) is 11.1 Å². The minimum absolute atomic E-state index is 0.0866. The third-order valence-electron chi connectivity index (χ3n) is 1.88. The van der Waals surface area contributed by atoms with Crippen LogP contribution >= 0.6 is 11.6 Å². The Morgan fingerprint density at radius 3 is 2.31 bits per heavy atom. The Bertz CT molecular complexity index is 437. The smallest absolute Gasteiger partial charge is 0.331 e. The van der Waals surface area contributed by atoms with Gasteiger partial charge in [-0.25, -0.2) is 4.79 Å². The van der Waals surface area contributed by atoms with Crippen LogP contribution in [0, 0.1) is 0 Å². The molecule has 1 rings (SSSR count). The Balaban J connectivity index is 3.13. The van der Waals surface area contributed by atoms with Gasteiger partial charge in [-0.15, -0.1) is 0 Å². The van der Waals surface area contributed by atoms with Crippen molar-refractivity contribution < 1.29 is 14.3 Å². The topological polar surface area (TPSA) is 69.4 Å². The maximum atomic E-state index is 11.1. The number of halogens is 1. The predicted octanol–water partition coefficient (Wildman–Crippen LogP) is 1.38. The number of rotatable bonds is 3. The van der Waals surface area contributed by atoms with E-state index in [0.717, 1.165) is 6.08 Å². The maximum Gasteiger partial charge on any atom is 0.331 e. The highest BCUT2D eigenvalue weighted by Crippen LogP contribution is 2.17. The fourth-order valence-electron chi connectivity index (χ4n) is 1.10. The summed E-state index contributed by atoms with van der Waals surface area (Å²) in [6, 6.07) is 6.40. The van der Waals surface area contributed by atoms with Gasteiger partial charge in [0.25, 0.3) is 0 Å². The first-order chi connectivity index (χ1) is 7.54. The molecule has 0 aliphatic carbocycles. The van der Waals surface area contributed by atoms with Crippen LogP contribution in [0.2, 0.25) is 5.02 Å². The molecule has 84 valence electrons. The summed E-state index contributed by atoms with van der Waals surface area (Å²) in [6.45, 7) is 0. The van der Waals surface area contributed by atoms with Gasteiger partial charge in [-0.1, -0.05) is 23.7 Å². The molecule has 0 aliphatic heterocycles. The van der Waals surface area contributed by atoms with Crippen molar-refractivity contribution in [2.75, 3.05) is 7.11 Å². The van der Waals surface area contributed by atoms with Gasteiger partial charge in [0.1, 0.15) is 0 Å². The van der Waals surface area contributed by atoms with Crippen molar-refractivity contribution in [3.05, 3.63) is 40.9 Å². The van der Waals surface area contributed by atoms with Crippen molar-refractivity contribution in [3.63, 3.8) is 0 Å². The lowest BCUT2D eigenvalue weighted by atomic mass is 10.1. The Labute approximate surface area is 97.6 Å². The third-order valence-corrected chi connectivity index (χ3v) is 2.14. The second-order valence-corrected chi connectivity index (χ2v) is 3.39. The summed E-state index contributed by atoms with van der Waals surface area (Å²) in [4.78, 5) is 22.2. The molecule has 0 saturated carbocycles. The van der Waals surface area contributed by atoms with E-state index in [1.807, 2.05) is 0 Å². The maximum absolute atomic E-state index is 11.1. The molecule has 16 heavy (non-hydrogen) atoms. The summed E-state index contributed by atoms with van der Waals surface area (Å²) in [6.07, 6.45) is 1.05. The van der Waals surface area contributed by atoms with Crippen LogP contribution in [-0.4, -0.2) is 19.0 Å². The molecular weight excluding hydrogens is 230 g/mol. The average Bonchev–Trinajstić information content (AvgIpc) is 2.26. The Morgan fingerprint density at radius 1 is 1.31 bits per heavy atom. The van der Waals surface area contributed by atoms with Crippen LogP contribution in [0.15, 0.2) is 30.3 Å². The molecule has 0 heterocycles. The second-order valence-electron chi connectivity index (χ2n) is 2.95. The minimum atomic E-state index is -0.701. The van der Waals surface area contributed by atoms with Crippen LogP contribution in [0.5, 0.6) is 0 Å². The number of carbonyl (C=O) groups excluding carboxylic acids is 2. The molecule has 1 amide bonds. The fraction of sp³-hybridized carbons (Fsp3) is 0.0909. The number of esters is 1. The molecule has 0 aliphatic rings. The van der Waals surface area contributed by atoms with Crippen LogP contribution in [-0.2, 0) is 14.3 Å². The van der Waals surface area contributed by atoms with E-state index in [-0.39, 0.29) is 5.57 Å². The average molecular weight is 240 g/mol. The van der Waals surface area contributed by atoms with Crippen LogP contribution in [0.4, 0.5) is 0 Å². The quantitative estimate of drug-likeness (QED) is 0.640. The number of carbonyl (C=O) groups is 2. The van der Waals surface area contributed by atoms with E-state index in [1.165, 1.54) is 7.11 Å². The van der Waals surface area contributed by atoms with Gasteiger partial charge in [-0.3, -0.25) is 4.79 Å². The lowest BCUT2D eigenvalue weighted by molar-refractivity contribution is -0.135. The SMILES string of the molecule is COC(=O)/C=C(\C(N)=O)c1ccc(Cl)cc1. The molecule has 0 spiro atoms. The number of primary amides is 1. The predicted molar refractivity (Wildman–Crippen MR) is 60.6 cm³/mol. The molecule has 0 bridgehead atoms. The van der Waals surface area contributed by atoms with Crippen molar-refractivity contribution in [2.45, 2.75) is 0 Å². The van der Waals surface area contributed by atoms with E-state index in [2.05, 4.69) is 4.74 Å². The van der Waals surface area contributed by atoms with E-state index in [0.29, 0.717) is 10.6 Å². The molecule has 0 atom stereocenters. The Kier molecular flexibility index (Phi) is 4.08. The standard InChI is InChI=1S/C11H10ClNO3/c1-16-10(14)6-9(11(13)15)7-2-4-8(12)5-3-7/h2-6H,1H3,(H2,13,15)/b9-6-. The largest absolute Gasteiger partial charge is 0.466 e. The summed E-state index contributed by atoms with van der Waals surface area (Å²) in [5.41, 5.74) is 5.76. The minimum Gasteiger partial charge on any atom is -0.466 e. The lowest BCUT2D eigenvalue weighted by Gasteiger charge is -2.03. The number of ether oxygens (including phenoxy) is 1. The van der Waals surface area contributed by atoms with Gasteiger partial charge < -0.3 is 10.5 Å². The number of hydrogen-bond donors (Lipinski definition) is 1. The first kappa shape index (κ1) is 12.3. The summed E-state index contributed by atoms with van der Waals surface area (Å²) in [5, 5.41) is 0.533. The monoisotopic (exact) mass is 239 g/mol. The summed E-state index contributed by atoms with van der Waals surface area (Å²) in [7, 11) is 1.22. The van der Waals surface area contributed by atoms with Crippen LogP contribution in [0.1, 0.15) is 5.56 Å². The molecule has 1 aromatic rings. The van der Waals surface area contributed by atoms with Gasteiger partial charge in [0.2, 0.25) is 5.91 Å². The Hall–Kier alpha value is -1.81. The first-order valence-corrected chi connectivity index (χ1v) is 4.77. The molecule has 0 fully saturated rings. The van der Waals surface area contributed by atoms with E-state index in [9.17, 15) is 9.59 Å². The van der Waals surface area contributed by atoms with Crippen molar-refractivity contribution in [3.8, 4) is 0 Å². The van der Waals surface area contributed by atoms with Crippen LogP contribution in [0.3, 0.4) is 0 Å². The summed E-state index contributed by atoms with van der Waals surface area (Å²) in [5.74, 6) is -1.34. The van der Waals surface area contributed by atoms with Crippen molar-refractivity contribution in [1.29, 1.82) is 0 Å². The zero-order chi connectivity index (χ0) is 12.1. The highest BCUT2D eigenvalue weighted by Gasteiger charge is 2.10. The Morgan fingerprint density at radius 2 is 1.88 bits per heavy atom. The van der Waals surface area contributed by atoms with E-state index in [1.54, 1.807) is 24.3 Å². The molecule has 2 N–H and O–H groups in total. The molecule has 1 aromatic carbocycles. The number of amides is 1. The number of nitrogens with two attached hydrogens (primary N) is 1. The van der Waals surface area contributed by atoms with Gasteiger partial charge in [0.05, 0.1) is 12.7 Å². The molecule has 0 unspecified atom stereocenters. The highest BCUT2D eigenvalue weighted by molar-refractivity contribution is 6.30. The molecular formula is C11H10ClNO3. The lowest BCUT2D eigenvalue weighted by Crippen LogP contribution is -2.14. The highest BCUT2D eigenvalue weighted by atomic mass is 35.5. The molecule has 4 nitrogen and oxygen atoms in total. The molecule has 5 heteroatoms. The fourth-order valence-corrected chi connectivity index (χ4v) is 1.23. The van der Waals surface area contributed by atoms with E-state index >= 15 is 0 Å². The number of benzene rings is 1. The molecule has 0 radical (unpaired) electrons. The van der Waals surface area contributed by atoms with Crippen molar-refractivity contribution >= 4 is 29.1 Å². The zero-order valence-corrected chi connectivity index (χ0v) is 9.32. The van der Waals surface area contributed by atoms with Crippen molar-refractivity contribution in [1.82, 2.24) is 0 Å². The summed E-state index contributed by atoms with van der Waals surface area (Å²) < 4.78 is 4.43. The van der Waals surface area contributed by atoms with Crippen LogP contribution in [0.25, 0.3) is 5.57 Å². The van der Waals surface area contributed by atoms with Crippen LogP contribution < -0.4 is 5.73 Å².